The normalized spacial score (nSPS) is 20.8. The van der Waals surface area contributed by atoms with E-state index in [-0.39, 0.29) is 29.7 Å². The maximum Gasteiger partial charge on any atom is 0.247 e. The number of fused-ring (bicyclic) bond motifs is 2. The number of carbonyl (C=O) groups is 2. The van der Waals surface area contributed by atoms with Crippen LogP contribution in [0.3, 0.4) is 0 Å². The van der Waals surface area contributed by atoms with Gasteiger partial charge in [-0.2, -0.15) is 0 Å². The van der Waals surface area contributed by atoms with Crippen LogP contribution in [0.1, 0.15) is 23.6 Å². The number of aryl methyl sites for hydroxylation is 1. The molecule has 2 heterocycles. The molecule has 2 aliphatic heterocycles. The van der Waals surface area contributed by atoms with Crippen molar-refractivity contribution >= 4 is 35.2 Å². The number of amides is 2. The third-order valence-electron chi connectivity index (χ3n) is 5.97. The van der Waals surface area contributed by atoms with Crippen LogP contribution in [0.25, 0.3) is 6.08 Å². The minimum atomic E-state index is -0.247. The Morgan fingerprint density at radius 3 is 2.48 bits per heavy atom. The predicted octanol–water partition coefficient (Wildman–Crippen LogP) is 3.87. The van der Waals surface area contributed by atoms with Crippen LogP contribution in [0.15, 0.2) is 42.5 Å². The number of nitrogens with one attached hydrogen (secondary N) is 1. The van der Waals surface area contributed by atoms with E-state index in [2.05, 4.69) is 10.2 Å². The quantitative estimate of drug-likeness (QED) is 0.672. The van der Waals surface area contributed by atoms with Gasteiger partial charge in [0.1, 0.15) is 5.82 Å². The first-order valence-corrected chi connectivity index (χ1v) is 11.3. The van der Waals surface area contributed by atoms with Crippen LogP contribution < -0.4 is 5.32 Å². The van der Waals surface area contributed by atoms with Crippen molar-refractivity contribution in [3.63, 3.8) is 0 Å². The Labute approximate surface area is 198 Å². The molecule has 33 heavy (non-hydrogen) atoms. The second kappa shape index (κ2) is 10.0. The average Bonchev–Trinajstić information content (AvgIpc) is 2.75. The van der Waals surface area contributed by atoms with Gasteiger partial charge in [-0.25, -0.2) is 4.39 Å². The fourth-order valence-corrected chi connectivity index (χ4v) is 4.64. The van der Waals surface area contributed by atoms with Crippen LogP contribution in [0.2, 0.25) is 5.02 Å². The van der Waals surface area contributed by atoms with Crippen molar-refractivity contribution < 1.29 is 18.7 Å². The second-order valence-electron chi connectivity index (χ2n) is 8.61. The number of ether oxygens (including phenoxy) is 1. The Bertz CT molecular complexity index is 1060. The van der Waals surface area contributed by atoms with Crippen molar-refractivity contribution in [3.8, 4) is 0 Å². The largest absolute Gasteiger partial charge is 0.377 e. The summed E-state index contributed by atoms with van der Waals surface area (Å²) >= 11 is 6.21. The predicted molar refractivity (Wildman–Crippen MR) is 126 cm³/mol. The van der Waals surface area contributed by atoms with E-state index >= 15 is 0 Å². The van der Waals surface area contributed by atoms with Crippen LogP contribution in [0.4, 0.5) is 10.1 Å². The third kappa shape index (κ3) is 5.61. The molecule has 4 rings (SSSR count). The maximum absolute atomic E-state index is 13.2. The van der Waals surface area contributed by atoms with Gasteiger partial charge in [-0.1, -0.05) is 23.7 Å². The first kappa shape index (κ1) is 23.4. The van der Waals surface area contributed by atoms with E-state index < -0.39 is 0 Å². The molecule has 174 valence electrons. The average molecular weight is 472 g/mol. The molecule has 2 fully saturated rings. The van der Waals surface area contributed by atoms with Crippen molar-refractivity contribution in [2.75, 3.05) is 31.6 Å². The topological polar surface area (TPSA) is 61.9 Å². The second-order valence-corrected chi connectivity index (χ2v) is 9.02. The van der Waals surface area contributed by atoms with E-state index in [4.69, 9.17) is 16.3 Å². The van der Waals surface area contributed by atoms with Crippen LogP contribution in [0, 0.1) is 12.7 Å². The van der Waals surface area contributed by atoms with Gasteiger partial charge in [0.15, 0.2) is 0 Å². The van der Waals surface area contributed by atoms with Gasteiger partial charge in [0.05, 0.1) is 25.3 Å². The number of morpholine rings is 1. The minimum Gasteiger partial charge on any atom is -0.377 e. The summed E-state index contributed by atoms with van der Waals surface area (Å²) < 4.78 is 18.9. The summed E-state index contributed by atoms with van der Waals surface area (Å²) in [7, 11) is 0. The van der Waals surface area contributed by atoms with Crippen molar-refractivity contribution in [1.29, 1.82) is 0 Å². The minimum absolute atomic E-state index is 0.0585. The van der Waals surface area contributed by atoms with E-state index in [1.54, 1.807) is 30.4 Å². The highest BCUT2D eigenvalue weighted by Crippen LogP contribution is 2.27. The number of hydrogen-bond acceptors (Lipinski definition) is 4. The lowest BCUT2D eigenvalue weighted by atomic mass is 10.0. The number of anilines is 1. The molecular formula is C25H27ClFN3O3. The highest BCUT2D eigenvalue weighted by Gasteiger charge is 2.40. The van der Waals surface area contributed by atoms with E-state index in [0.29, 0.717) is 43.6 Å². The molecular weight excluding hydrogens is 445 g/mol. The SMILES string of the molecule is CC(=O)Nc1cc(Cl)c(C)cc1C=CC(=O)N1C2COCC1CN(Cc1ccc(F)cc1)C2. The van der Waals surface area contributed by atoms with Gasteiger partial charge in [-0.05, 0) is 54.0 Å². The number of halogens is 2. The summed E-state index contributed by atoms with van der Waals surface area (Å²) in [4.78, 5) is 28.9. The third-order valence-corrected chi connectivity index (χ3v) is 6.37. The molecule has 1 N–H and O–H groups in total. The Hall–Kier alpha value is -2.74. The Balaban J connectivity index is 1.48. The molecule has 6 nitrogen and oxygen atoms in total. The Kier molecular flexibility index (Phi) is 7.12. The number of benzene rings is 2. The summed E-state index contributed by atoms with van der Waals surface area (Å²) in [6, 6.07) is 9.95. The fourth-order valence-electron chi connectivity index (χ4n) is 4.47. The standard InChI is InChI=1S/C25H27ClFN3O3/c1-16-9-19(24(10-23(16)26)28-17(2)31)5-8-25(32)30-21-12-29(13-22(30)15-33-14-21)11-18-3-6-20(27)7-4-18/h3-10,21-22H,11-15H2,1-2H3,(H,28,31). The van der Waals surface area contributed by atoms with Gasteiger partial charge in [-0.15, -0.1) is 0 Å². The number of carbonyl (C=O) groups excluding carboxylic acids is 2. The summed E-state index contributed by atoms with van der Waals surface area (Å²) in [5.41, 5.74) is 3.18. The maximum atomic E-state index is 13.2. The Morgan fingerprint density at radius 2 is 1.85 bits per heavy atom. The van der Waals surface area contributed by atoms with Gasteiger partial charge in [0, 0.05) is 43.3 Å². The van der Waals surface area contributed by atoms with Crippen LogP contribution in [-0.2, 0) is 20.9 Å². The smallest absolute Gasteiger partial charge is 0.247 e. The van der Waals surface area contributed by atoms with Gasteiger partial charge in [-0.3, -0.25) is 14.5 Å². The van der Waals surface area contributed by atoms with Crippen LogP contribution in [-0.4, -0.2) is 60.0 Å². The Morgan fingerprint density at radius 1 is 1.18 bits per heavy atom. The van der Waals surface area contributed by atoms with Crippen molar-refractivity contribution in [2.45, 2.75) is 32.5 Å². The summed E-state index contributed by atoms with van der Waals surface area (Å²) in [6.45, 7) is 6.34. The molecule has 0 saturated carbocycles. The molecule has 2 saturated heterocycles. The molecule has 8 heteroatoms. The van der Waals surface area contributed by atoms with Gasteiger partial charge < -0.3 is 15.0 Å². The van der Waals surface area contributed by atoms with E-state index in [9.17, 15) is 14.0 Å². The zero-order valence-electron chi connectivity index (χ0n) is 18.7. The van der Waals surface area contributed by atoms with Gasteiger partial charge >= 0.3 is 0 Å². The molecule has 0 radical (unpaired) electrons. The molecule has 0 aliphatic carbocycles. The summed E-state index contributed by atoms with van der Waals surface area (Å²) in [5.74, 6) is -0.542. The monoisotopic (exact) mass is 471 g/mol. The van der Waals surface area contributed by atoms with Crippen molar-refractivity contribution in [2.24, 2.45) is 0 Å². The van der Waals surface area contributed by atoms with E-state index in [1.807, 2.05) is 17.9 Å². The molecule has 0 aromatic heterocycles. The molecule has 2 aromatic carbocycles. The van der Waals surface area contributed by atoms with Crippen LogP contribution >= 0.6 is 11.6 Å². The summed E-state index contributed by atoms with van der Waals surface area (Å²) in [6.07, 6.45) is 3.27. The molecule has 0 spiro atoms. The first-order valence-electron chi connectivity index (χ1n) is 10.9. The molecule has 2 unspecified atom stereocenters. The lowest BCUT2D eigenvalue weighted by Gasteiger charge is -2.49. The van der Waals surface area contributed by atoms with Crippen molar-refractivity contribution in [3.05, 3.63) is 70.0 Å². The highest BCUT2D eigenvalue weighted by molar-refractivity contribution is 6.31. The number of rotatable bonds is 5. The molecule has 2 amide bonds. The highest BCUT2D eigenvalue weighted by atomic mass is 35.5. The molecule has 2 bridgehead atoms. The van der Waals surface area contributed by atoms with Crippen molar-refractivity contribution in [1.82, 2.24) is 9.80 Å². The fraction of sp³-hybridized carbons (Fsp3) is 0.360. The lowest BCUT2D eigenvalue weighted by Crippen LogP contribution is -2.65. The van der Waals surface area contributed by atoms with E-state index in [1.165, 1.54) is 19.1 Å². The first-order chi connectivity index (χ1) is 15.8. The zero-order chi connectivity index (χ0) is 23.5. The van der Waals surface area contributed by atoms with E-state index in [0.717, 1.165) is 16.7 Å². The zero-order valence-corrected chi connectivity index (χ0v) is 19.4. The molecule has 2 aliphatic rings. The lowest BCUT2D eigenvalue weighted by molar-refractivity contribution is -0.150. The van der Waals surface area contributed by atoms with Gasteiger partial charge in [0.2, 0.25) is 11.8 Å². The number of hydrogen-bond donors (Lipinski definition) is 1. The summed E-state index contributed by atoms with van der Waals surface area (Å²) in [5, 5.41) is 3.31. The van der Waals surface area contributed by atoms with Gasteiger partial charge in [0.25, 0.3) is 0 Å². The van der Waals surface area contributed by atoms with Crippen LogP contribution in [0.5, 0.6) is 0 Å². The molecule has 2 aromatic rings. The molecule has 2 atom stereocenters. The number of nitrogens with zero attached hydrogens (tertiary/aromatic N) is 2. The number of piperazine rings is 1.